The van der Waals surface area contributed by atoms with Crippen LogP contribution in [-0.2, 0) is 66.5 Å². The number of cyclic esters (lactones) is 1. The molecule has 0 saturated carbocycles. The Morgan fingerprint density at radius 1 is 0.871 bits per heavy atom. The number of esters is 3. The Morgan fingerprint density at radius 2 is 1.50 bits per heavy atom. The summed E-state index contributed by atoms with van der Waals surface area (Å²) in [6.45, 7) is 22.1. The fraction of sp³-hybridized carbons (Fsp3) is 0.778. The van der Waals surface area contributed by atoms with Gasteiger partial charge in [0.2, 0.25) is 0 Å². The smallest absolute Gasteiger partial charge is 0.420 e. The number of aromatic nitrogens is 2. The Hall–Kier alpha value is -3.74. The zero-order chi connectivity index (χ0) is 46.5. The van der Waals surface area contributed by atoms with Gasteiger partial charge in [0.25, 0.3) is 0 Å². The highest BCUT2D eigenvalue weighted by atomic mass is 16.7. The van der Waals surface area contributed by atoms with Gasteiger partial charge in [-0.15, -0.1) is 0 Å². The minimum absolute atomic E-state index is 0.0919. The number of ether oxygens (including phenoxy) is 10. The highest BCUT2D eigenvalue weighted by Gasteiger charge is 2.54. The third-order valence-corrected chi connectivity index (χ3v) is 12.8. The molecule has 17 heteroatoms. The van der Waals surface area contributed by atoms with E-state index in [2.05, 4.69) is 4.98 Å². The summed E-state index contributed by atoms with van der Waals surface area (Å²) in [5, 5.41) is 0. The van der Waals surface area contributed by atoms with Gasteiger partial charge in [-0.1, -0.05) is 27.7 Å². The Bertz CT molecular complexity index is 1750. The van der Waals surface area contributed by atoms with E-state index in [1.165, 1.54) is 52.9 Å². The van der Waals surface area contributed by atoms with Crippen molar-refractivity contribution in [2.75, 3.05) is 14.2 Å². The number of hydrogen-bond acceptors (Lipinski definition) is 16. The maximum Gasteiger partial charge on any atom is 0.420 e. The first kappa shape index (κ1) is 50.9. The number of Topliss-reactive ketones (excluding diaryl/α,β-unsaturated/α-hetero) is 1. The highest BCUT2D eigenvalue weighted by Crippen LogP contribution is 2.42. The van der Waals surface area contributed by atoms with Gasteiger partial charge in [-0.3, -0.25) is 19.2 Å². The lowest BCUT2D eigenvalue weighted by molar-refractivity contribution is -0.320. The third kappa shape index (κ3) is 11.7. The van der Waals surface area contributed by atoms with E-state index < -0.39 is 108 Å². The van der Waals surface area contributed by atoms with Crippen LogP contribution in [0.15, 0.2) is 30.4 Å². The molecule has 0 N–H and O–H groups in total. The second kappa shape index (κ2) is 20.8. The monoisotopic (exact) mass is 878 g/mol. The van der Waals surface area contributed by atoms with Crippen molar-refractivity contribution in [3.63, 3.8) is 0 Å². The molecule has 350 valence electrons. The molecule has 3 aliphatic rings. The molecule has 4 rings (SSSR count). The van der Waals surface area contributed by atoms with Gasteiger partial charge in [0.1, 0.15) is 18.0 Å². The predicted molar refractivity (Wildman–Crippen MR) is 222 cm³/mol. The minimum atomic E-state index is -1.63. The van der Waals surface area contributed by atoms with Crippen molar-refractivity contribution >= 4 is 29.8 Å². The molecule has 16 atom stereocenters. The second-order valence-corrected chi connectivity index (χ2v) is 18.1. The number of carbonyl (C=O) groups excluding carboxylic acids is 5. The fourth-order valence-corrected chi connectivity index (χ4v) is 9.44. The van der Waals surface area contributed by atoms with E-state index in [0.717, 1.165) is 4.57 Å². The van der Waals surface area contributed by atoms with Crippen LogP contribution in [0.3, 0.4) is 0 Å². The molecule has 2 saturated heterocycles. The second-order valence-electron chi connectivity index (χ2n) is 18.1. The van der Waals surface area contributed by atoms with Crippen LogP contribution >= 0.6 is 0 Å². The van der Waals surface area contributed by atoms with Gasteiger partial charge >= 0.3 is 24.0 Å². The number of hydrogen-bond donors (Lipinski definition) is 0. The molecule has 2 fully saturated rings. The topological polar surface area (TPSA) is 195 Å². The van der Waals surface area contributed by atoms with E-state index in [1.54, 1.807) is 48.5 Å². The van der Waals surface area contributed by atoms with Crippen molar-refractivity contribution in [1.82, 2.24) is 9.55 Å². The normalized spacial score (nSPS) is 40.9. The zero-order valence-electron chi connectivity index (χ0n) is 39.2. The summed E-state index contributed by atoms with van der Waals surface area (Å²) >= 11 is 0. The van der Waals surface area contributed by atoms with Crippen LogP contribution in [0.4, 0.5) is 4.79 Å². The lowest BCUT2D eigenvalue weighted by Gasteiger charge is -2.49. The molecule has 1 aromatic rings. The largest absolute Gasteiger partial charge is 0.457 e. The van der Waals surface area contributed by atoms with E-state index in [1.807, 2.05) is 27.7 Å². The molecule has 0 aliphatic carbocycles. The van der Waals surface area contributed by atoms with Crippen LogP contribution < -0.4 is 0 Å². The van der Waals surface area contributed by atoms with Gasteiger partial charge in [0.15, 0.2) is 36.2 Å². The number of methoxy groups -OCH3 is 2. The number of allylic oxidation sites excluding steroid dienone is 1. The van der Waals surface area contributed by atoms with E-state index in [4.69, 9.17) is 47.4 Å². The average Bonchev–Trinajstić information content (AvgIpc) is 3.75. The molecular weight excluding hydrogens is 808 g/mol. The molecular formula is C45H70N2O15. The predicted octanol–water partition coefficient (Wildman–Crippen LogP) is 6.13. The van der Waals surface area contributed by atoms with Crippen LogP contribution in [0.5, 0.6) is 0 Å². The molecule has 1 aromatic heterocycles. The summed E-state index contributed by atoms with van der Waals surface area (Å²) in [6, 6.07) is 0. The van der Waals surface area contributed by atoms with Crippen LogP contribution in [0.25, 0.3) is 0 Å². The SMILES string of the molecule is CC[C@H]1OC(=O)[C@H](C)[C@@H](O[C@H]2C[C@@](C)(OC)[C@@H](OC(C)=O)[C@H](C)O2)[C@H](C)[C@@H](O[C@@H]2O[C@H](C)C[C@H](C)[C@H]2OC(C)=O)[C@](C)(OC)C[C@@H](C)C(=O)/C(C)=C/[C@]1(C)OC(=O)n1ccnc1. The standard InChI is InChI=1S/C45H70N2O15/c1-16-33-43(11,62-42(52)47-18-17-46-23-47)20-25(3)35(50)26(4)21-44(12,53-14)38(61-41-36(57-31(9)48)24(2)19-27(5)55-41)28(6)37(29(7)40(51)59-33)60-34-22-45(13,54-15)39(30(8)56-34)58-32(10)49/h17-18,20,23-24,26-30,33-34,36-39,41H,16,19,21-22H2,1-15H3/b25-20+/t24-,26+,27+,28-,29+,30-,33+,34-,36+,37-,38+,39-,41-,43-,44+,45+/m0/s1. The van der Waals surface area contributed by atoms with Crippen LogP contribution in [0.2, 0.25) is 0 Å². The van der Waals surface area contributed by atoms with E-state index in [-0.39, 0.29) is 42.6 Å². The summed E-state index contributed by atoms with van der Waals surface area (Å²) in [5.74, 6) is -4.67. The minimum Gasteiger partial charge on any atom is -0.457 e. The Morgan fingerprint density at radius 3 is 2.06 bits per heavy atom. The Labute approximate surface area is 366 Å². The number of imidazole rings is 1. The van der Waals surface area contributed by atoms with Gasteiger partial charge in [0, 0.05) is 64.6 Å². The van der Waals surface area contributed by atoms with Gasteiger partial charge in [-0.2, -0.15) is 0 Å². The first-order valence-electron chi connectivity index (χ1n) is 21.6. The molecule has 0 spiro atoms. The van der Waals surface area contributed by atoms with Crippen LogP contribution in [0.1, 0.15) is 116 Å². The number of nitrogens with zero attached hydrogens (tertiary/aromatic N) is 2. The van der Waals surface area contributed by atoms with Crippen molar-refractivity contribution < 1.29 is 71.3 Å². The Balaban J connectivity index is 1.91. The first-order valence-corrected chi connectivity index (χ1v) is 21.6. The van der Waals surface area contributed by atoms with Crippen molar-refractivity contribution in [1.29, 1.82) is 0 Å². The van der Waals surface area contributed by atoms with Gasteiger partial charge in [-0.05, 0) is 79.4 Å². The molecule has 0 aromatic carbocycles. The third-order valence-electron chi connectivity index (χ3n) is 12.8. The van der Waals surface area contributed by atoms with Crippen molar-refractivity contribution in [2.24, 2.45) is 23.7 Å². The lowest BCUT2D eigenvalue weighted by Crippen LogP contribution is -2.60. The fourth-order valence-electron chi connectivity index (χ4n) is 9.44. The highest BCUT2D eigenvalue weighted by molar-refractivity contribution is 5.96. The molecule has 0 bridgehead atoms. The Kier molecular flexibility index (Phi) is 17.1. The van der Waals surface area contributed by atoms with Gasteiger partial charge in [0.05, 0.1) is 35.9 Å². The number of rotatable bonds is 10. The van der Waals surface area contributed by atoms with Crippen LogP contribution in [0, 0.1) is 23.7 Å². The molecule has 62 heavy (non-hydrogen) atoms. The van der Waals surface area contributed by atoms with E-state index in [0.29, 0.717) is 6.42 Å². The van der Waals surface area contributed by atoms with Crippen molar-refractivity contribution in [2.45, 2.75) is 188 Å². The summed E-state index contributed by atoms with van der Waals surface area (Å²) < 4.78 is 64.0. The average molecular weight is 879 g/mol. The van der Waals surface area contributed by atoms with Crippen LogP contribution in [-0.4, -0.2) is 126 Å². The maximum absolute atomic E-state index is 14.7. The quantitative estimate of drug-likeness (QED) is 0.192. The number of ketones is 1. The number of carbonyl (C=O) groups is 5. The molecule has 0 radical (unpaired) electrons. The first-order chi connectivity index (χ1) is 28.9. The molecule has 0 amide bonds. The van der Waals surface area contributed by atoms with Crippen molar-refractivity contribution in [3.8, 4) is 0 Å². The molecule has 4 heterocycles. The zero-order valence-corrected chi connectivity index (χ0v) is 39.2. The summed E-state index contributed by atoms with van der Waals surface area (Å²) in [6.07, 6.45) is -1.92. The molecule has 3 aliphatic heterocycles. The maximum atomic E-state index is 14.7. The molecule has 0 unspecified atom stereocenters. The van der Waals surface area contributed by atoms with E-state index >= 15 is 0 Å². The van der Waals surface area contributed by atoms with Crippen molar-refractivity contribution in [3.05, 3.63) is 30.4 Å². The summed E-state index contributed by atoms with van der Waals surface area (Å²) in [4.78, 5) is 71.2. The van der Waals surface area contributed by atoms with Gasteiger partial charge < -0.3 is 47.4 Å². The summed E-state index contributed by atoms with van der Waals surface area (Å²) in [5.41, 5.74) is -3.71. The van der Waals surface area contributed by atoms with Gasteiger partial charge in [-0.25, -0.2) is 14.3 Å². The van der Waals surface area contributed by atoms with E-state index in [9.17, 15) is 24.0 Å². The molecule has 17 nitrogen and oxygen atoms in total. The summed E-state index contributed by atoms with van der Waals surface area (Å²) in [7, 11) is 3.02. The lowest BCUT2D eigenvalue weighted by atomic mass is 9.76.